The molecule has 4 aromatic rings. The predicted octanol–water partition coefficient (Wildman–Crippen LogP) is 8.17. The van der Waals surface area contributed by atoms with E-state index in [-0.39, 0.29) is 5.41 Å². The summed E-state index contributed by atoms with van der Waals surface area (Å²) in [7, 11) is 0. The number of nitrogens with zero attached hydrogens (tertiary/aromatic N) is 2. The second kappa shape index (κ2) is 7.90. The van der Waals surface area contributed by atoms with E-state index in [1.165, 1.54) is 69.0 Å². The molecule has 2 aromatic heterocycles. The average molecular weight is 450 g/mol. The molecule has 0 N–H and O–H groups in total. The largest absolute Gasteiger partial charge is 0.256 e. The highest BCUT2D eigenvalue weighted by atomic mass is 15.0. The van der Waals surface area contributed by atoms with Crippen LogP contribution in [0.1, 0.15) is 101 Å². The van der Waals surface area contributed by atoms with Crippen LogP contribution in [-0.4, -0.2) is 4.98 Å². The van der Waals surface area contributed by atoms with Gasteiger partial charge in [0.25, 0.3) is 0 Å². The first-order valence-electron chi connectivity index (χ1n) is 13.5. The van der Waals surface area contributed by atoms with Crippen LogP contribution in [0.5, 0.6) is 0 Å². The third-order valence-electron chi connectivity index (χ3n) is 8.69. The van der Waals surface area contributed by atoms with E-state index >= 15 is 0 Å². The molecule has 2 nitrogen and oxygen atoms in total. The molecule has 2 unspecified atom stereocenters. The molecule has 0 saturated heterocycles. The summed E-state index contributed by atoms with van der Waals surface area (Å²) in [6.07, 6.45) is 9.49. The molecule has 0 saturated carbocycles. The maximum atomic E-state index is 5.41. The summed E-state index contributed by atoms with van der Waals surface area (Å²) in [6, 6.07) is 16.8. The first-order valence-corrected chi connectivity index (χ1v) is 13.5. The van der Waals surface area contributed by atoms with E-state index < -0.39 is 0 Å². The Kier molecular flexibility index (Phi) is 5.06. The summed E-state index contributed by atoms with van der Waals surface area (Å²) < 4.78 is 2.62. The lowest BCUT2D eigenvalue weighted by Crippen LogP contribution is -2.49. The van der Waals surface area contributed by atoms with Crippen molar-refractivity contribution in [3.8, 4) is 11.3 Å². The topological polar surface area (TPSA) is 16.8 Å². The third kappa shape index (κ3) is 2.87. The zero-order chi connectivity index (χ0) is 23.6. The number of aromatic nitrogens is 2. The van der Waals surface area contributed by atoms with Crippen LogP contribution in [0, 0.1) is 0 Å². The van der Waals surface area contributed by atoms with Crippen LogP contribution in [-0.2, 0) is 11.8 Å². The molecule has 0 bridgehead atoms. The number of aryl methyl sites for hydroxylation is 1. The lowest BCUT2D eigenvalue weighted by Gasteiger charge is -2.39. The highest BCUT2D eigenvalue weighted by Gasteiger charge is 2.48. The third-order valence-corrected chi connectivity index (χ3v) is 8.69. The Balaban J connectivity index is 1.75. The van der Waals surface area contributed by atoms with E-state index in [1.54, 1.807) is 5.56 Å². The molecule has 2 aliphatic rings. The number of benzene rings is 2. The summed E-state index contributed by atoms with van der Waals surface area (Å²) in [5.41, 5.74) is 8.37. The van der Waals surface area contributed by atoms with Crippen molar-refractivity contribution in [3.63, 3.8) is 0 Å². The summed E-state index contributed by atoms with van der Waals surface area (Å²) in [5, 5.41) is 5.58. The highest BCUT2D eigenvalue weighted by molar-refractivity contribution is 6.04. The number of fused-ring (bicyclic) bond motifs is 2. The maximum absolute atomic E-state index is 5.41. The zero-order valence-electron chi connectivity index (χ0n) is 21.4. The van der Waals surface area contributed by atoms with Gasteiger partial charge < -0.3 is 0 Å². The van der Waals surface area contributed by atoms with Crippen LogP contribution < -0.4 is 4.57 Å². The smallest absolute Gasteiger partial charge is 0.223 e. The summed E-state index contributed by atoms with van der Waals surface area (Å²) in [6.45, 7) is 11.8. The molecule has 2 aromatic carbocycles. The lowest BCUT2D eigenvalue weighted by atomic mass is 9.66. The Bertz CT molecular complexity index is 1430. The lowest BCUT2D eigenvalue weighted by molar-refractivity contribution is -0.717. The van der Waals surface area contributed by atoms with E-state index in [2.05, 4.69) is 87.8 Å². The Morgan fingerprint density at radius 3 is 2.53 bits per heavy atom. The van der Waals surface area contributed by atoms with Gasteiger partial charge in [-0.05, 0) is 58.7 Å². The molecular weight excluding hydrogens is 412 g/mol. The molecule has 34 heavy (non-hydrogen) atoms. The van der Waals surface area contributed by atoms with Crippen molar-refractivity contribution in [2.75, 3.05) is 0 Å². The van der Waals surface area contributed by atoms with E-state index in [1.807, 2.05) is 0 Å². The highest BCUT2D eigenvalue weighted by Crippen LogP contribution is 2.55. The fourth-order valence-electron chi connectivity index (χ4n) is 7.01. The van der Waals surface area contributed by atoms with Crippen molar-refractivity contribution in [2.45, 2.75) is 90.5 Å². The SMILES string of the molecule is CCCCCc1cc2cc[n+]3c4c2c(n1)C(C)(C)c1cc2ccccc2c(c1-4)C(CC)C3CC. The van der Waals surface area contributed by atoms with Gasteiger partial charge in [-0.2, -0.15) is 4.57 Å². The van der Waals surface area contributed by atoms with Crippen LogP contribution >= 0.6 is 0 Å². The standard InChI is InChI=1S/C32H37N2/c1-6-9-10-14-22-18-21-16-17-34-26(8-3)23(7-2)28-24-15-12-11-13-20(24)19-25-29(28)30(34)27(21)31(33-22)32(25,4)5/h11-13,15-19,23,26H,6-10,14H2,1-5H3/q+1. The summed E-state index contributed by atoms with van der Waals surface area (Å²) in [5.74, 6) is 0.526. The molecule has 2 heteroatoms. The van der Waals surface area contributed by atoms with Crippen LogP contribution in [0.15, 0.2) is 48.7 Å². The quantitative estimate of drug-likeness (QED) is 0.214. The fraction of sp³-hybridized carbons (Fsp3) is 0.438. The number of unbranched alkanes of at least 4 members (excludes halogenated alkanes) is 2. The Hall–Kier alpha value is -2.74. The first kappa shape index (κ1) is 21.8. The van der Waals surface area contributed by atoms with Gasteiger partial charge >= 0.3 is 0 Å². The van der Waals surface area contributed by atoms with Crippen molar-refractivity contribution in [2.24, 2.45) is 0 Å². The van der Waals surface area contributed by atoms with Crippen LogP contribution in [0.4, 0.5) is 0 Å². The fourth-order valence-corrected chi connectivity index (χ4v) is 7.01. The van der Waals surface area contributed by atoms with Gasteiger partial charge in [-0.25, -0.2) is 0 Å². The number of hydrogen-bond donors (Lipinski definition) is 0. The molecule has 1 aliphatic carbocycles. The zero-order valence-corrected chi connectivity index (χ0v) is 21.4. The minimum absolute atomic E-state index is 0.128. The maximum Gasteiger partial charge on any atom is 0.223 e. The van der Waals surface area contributed by atoms with Crippen LogP contribution in [0.2, 0.25) is 0 Å². The van der Waals surface area contributed by atoms with E-state index in [4.69, 9.17) is 4.98 Å². The van der Waals surface area contributed by atoms with Gasteiger partial charge in [-0.15, -0.1) is 0 Å². The van der Waals surface area contributed by atoms with E-state index in [0.29, 0.717) is 12.0 Å². The van der Waals surface area contributed by atoms with Gasteiger partial charge in [0.2, 0.25) is 5.69 Å². The number of pyridine rings is 2. The predicted molar refractivity (Wildman–Crippen MR) is 143 cm³/mol. The first-order chi connectivity index (χ1) is 16.5. The van der Waals surface area contributed by atoms with Gasteiger partial charge in [0, 0.05) is 29.5 Å². The van der Waals surface area contributed by atoms with Gasteiger partial charge in [-0.1, -0.05) is 71.7 Å². The number of hydrogen-bond acceptors (Lipinski definition) is 1. The Morgan fingerprint density at radius 2 is 1.76 bits per heavy atom. The average Bonchev–Trinajstić information content (AvgIpc) is 2.85. The molecular formula is C32H37N2+. The van der Waals surface area contributed by atoms with Crippen molar-refractivity contribution < 1.29 is 4.57 Å². The Labute approximate surface area is 204 Å². The molecule has 0 radical (unpaired) electrons. The number of rotatable bonds is 6. The normalized spacial score (nSPS) is 19.7. The van der Waals surface area contributed by atoms with Crippen LogP contribution in [0.25, 0.3) is 32.8 Å². The van der Waals surface area contributed by atoms with Crippen molar-refractivity contribution >= 4 is 21.5 Å². The van der Waals surface area contributed by atoms with Gasteiger partial charge in [0.15, 0.2) is 12.2 Å². The molecule has 0 amide bonds. The molecule has 1 aliphatic heterocycles. The van der Waals surface area contributed by atoms with Crippen molar-refractivity contribution in [1.82, 2.24) is 4.98 Å². The second-order valence-corrected chi connectivity index (χ2v) is 11.0. The monoisotopic (exact) mass is 449 g/mol. The molecule has 2 atom stereocenters. The second-order valence-electron chi connectivity index (χ2n) is 11.0. The molecule has 0 fully saturated rings. The molecule has 174 valence electrons. The minimum atomic E-state index is -0.128. The van der Waals surface area contributed by atoms with Crippen LogP contribution in [0.3, 0.4) is 0 Å². The van der Waals surface area contributed by atoms with Gasteiger partial charge in [0.1, 0.15) is 0 Å². The Morgan fingerprint density at radius 1 is 0.941 bits per heavy atom. The molecule has 0 spiro atoms. The molecule has 3 heterocycles. The summed E-state index contributed by atoms with van der Waals surface area (Å²) in [4.78, 5) is 5.41. The minimum Gasteiger partial charge on any atom is -0.256 e. The van der Waals surface area contributed by atoms with Gasteiger partial charge in [0.05, 0.1) is 16.6 Å². The molecule has 6 rings (SSSR count). The summed E-state index contributed by atoms with van der Waals surface area (Å²) >= 11 is 0. The van der Waals surface area contributed by atoms with E-state index in [9.17, 15) is 0 Å². The van der Waals surface area contributed by atoms with Crippen molar-refractivity contribution in [1.29, 1.82) is 0 Å². The van der Waals surface area contributed by atoms with Crippen molar-refractivity contribution in [3.05, 3.63) is 71.2 Å². The van der Waals surface area contributed by atoms with E-state index in [0.717, 1.165) is 19.3 Å². The van der Waals surface area contributed by atoms with Gasteiger partial charge in [-0.3, -0.25) is 4.98 Å².